The normalized spacial score (nSPS) is 15.9. The van der Waals surface area contributed by atoms with Crippen molar-refractivity contribution in [3.8, 4) is 5.75 Å². The number of anilines is 1. The number of amides is 1. The average Bonchev–Trinajstić information content (AvgIpc) is 2.75. The molecule has 2 aromatic rings. The Hall–Kier alpha value is -2.53. The molecule has 2 aromatic carbocycles. The molecule has 150 valence electrons. The molecule has 0 saturated carbocycles. The van der Waals surface area contributed by atoms with Gasteiger partial charge in [-0.05, 0) is 36.2 Å². The van der Waals surface area contributed by atoms with Crippen LogP contribution in [0.5, 0.6) is 5.75 Å². The van der Waals surface area contributed by atoms with Gasteiger partial charge in [0.2, 0.25) is 5.91 Å². The van der Waals surface area contributed by atoms with E-state index in [4.69, 9.17) is 4.74 Å². The number of methoxy groups -OCH3 is 1. The lowest BCUT2D eigenvalue weighted by Crippen LogP contribution is -2.49. The van der Waals surface area contributed by atoms with Gasteiger partial charge in [0.05, 0.1) is 19.7 Å². The largest absolute Gasteiger partial charge is 0.497 e. The number of benzene rings is 2. The van der Waals surface area contributed by atoms with Crippen LogP contribution in [0.4, 0.5) is 5.69 Å². The Morgan fingerprint density at radius 1 is 1.04 bits per heavy atom. The molecule has 0 bridgehead atoms. The van der Waals surface area contributed by atoms with Crippen molar-refractivity contribution in [2.24, 2.45) is 0 Å². The van der Waals surface area contributed by atoms with Crippen LogP contribution >= 0.6 is 0 Å². The first-order valence-electron chi connectivity index (χ1n) is 10.1. The molecule has 1 fully saturated rings. The van der Waals surface area contributed by atoms with Crippen LogP contribution in [0.1, 0.15) is 31.4 Å². The first kappa shape index (κ1) is 20.2. The predicted octanol–water partition coefficient (Wildman–Crippen LogP) is 3.47. The van der Waals surface area contributed by atoms with Gasteiger partial charge in [0.25, 0.3) is 0 Å². The summed E-state index contributed by atoms with van der Waals surface area (Å²) >= 11 is 0. The second-order valence-corrected chi connectivity index (χ2v) is 7.28. The molecule has 0 spiro atoms. The van der Waals surface area contributed by atoms with Crippen molar-refractivity contribution in [1.29, 1.82) is 0 Å². The highest BCUT2D eigenvalue weighted by molar-refractivity contribution is 5.78. The molecule has 1 aliphatic rings. The molecular formula is C23H31N3O2. The number of nitrogens with zero attached hydrogens (tertiary/aromatic N) is 2. The summed E-state index contributed by atoms with van der Waals surface area (Å²) in [5.74, 6) is 0.985. The molecule has 28 heavy (non-hydrogen) atoms. The van der Waals surface area contributed by atoms with E-state index in [0.29, 0.717) is 6.54 Å². The van der Waals surface area contributed by atoms with Gasteiger partial charge in [-0.2, -0.15) is 0 Å². The maximum absolute atomic E-state index is 12.6. The first-order chi connectivity index (χ1) is 13.7. The SMILES string of the molecule is CCC[C@H](NC(=O)CN1CCN(c2ccc(OC)cc2)CC1)c1ccccc1. The van der Waals surface area contributed by atoms with Gasteiger partial charge >= 0.3 is 0 Å². The van der Waals surface area contributed by atoms with Crippen LogP contribution in [0.3, 0.4) is 0 Å². The first-order valence-corrected chi connectivity index (χ1v) is 10.1. The summed E-state index contributed by atoms with van der Waals surface area (Å²) in [7, 11) is 1.68. The molecule has 1 saturated heterocycles. The predicted molar refractivity (Wildman–Crippen MR) is 114 cm³/mol. The van der Waals surface area contributed by atoms with E-state index in [2.05, 4.69) is 46.3 Å². The number of carbonyl (C=O) groups excluding carboxylic acids is 1. The molecule has 1 aliphatic heterocycles. The van der Waals surface area contributed by atoms with Crippen molar-refractivity contribution in [2.45, 2.75) is 25.8 Å². The van der Waals surface area contributed by atoms with Crippen LogP contribution in [0.25, 0.3) is 0 Å². The van der Waals surface area contributed by atoms with E-state index in [-0.39, 0.29) is 11.9 Å². The highest BCUT2D eigenvalue weighted by atomic mass is 16.5. The topological polar surface area (TPSA) is 44.8 Å². The molecule has 0 aromatic heterocycles. The lowest BCUT2D eigenvalue weighted by atomic mass is 10.0. The fourth-order valence-electron chi connectivity index (χ4n) is 3.70. The van der Waals surface area contributed by atoms with E-state index in [9.17, 15) is 4.79 Å². The van der Waals surface area contributed by atoms with E-state index in [1.807, 2.05) is 30.3 Å². The van der Waals surface area contributed by atoms with Crippen LogP contribution in [0.2, 0.25) is 0 Å². The minimum atomic E-state index is 0.0966. The molecule has 3 rings (SSSR count). The molecule has 0 radical (unpaired) electrons. The summed E-state index contributed by atoms with van der Waals surface area (Å²) in [6.07, 6.45) is 2.00. The number of nitrogens with one attached hydrogen (secondary N) is 1. The number of hydrogen-bond donors (Lipinski definition) is 1. The van der Waals surface area contributed by atoms with Gasteiger partial charge in [0, 0.05) is 31.9 Å². The minimum absolute atomic E-state index is 0.0966. The summed E-state index contributed by atoms with van der Waals surface area (Å²) in [6, 6.07) is 18.5. The standard InChI is InChI=1S/C23H31N3O2/c1-3-7-22(19-8-5-4-6-9-19)24-23(27)18-25-14-16-26(17-15-25)20-10-12-21(28-2)13-11-20/h4-6,8-13,22H,3,7,14-18H2,1-2H3,(H,24,27)/t22-/m0/s1. The fourth-order valence-corrected chi connectivity index (χ4v) is 3.70. The molecule has 1 amide bonds. The van der Waals surface area contributed by atoms with Crippen molar-refractivity contribution >= 4 is 11.6 Å². The number of carbonyl (C=O) groups is 1. The van der Waals surface area contributed by atoms with E-state index < -0.39 is 0 Å². The Labute approximate surface area is 168 Å². The van der Waals surface area contributed by atoms with Gasteiger partial charge < -0.3 is 15.0 Å². The van der Waals surface area contributed by atoms with Gasteiger partial charge in [0.1, 0.15) is 5.75 Å². The van der Waals surface area contributed by atoms with Crippen LogP contribution in [-0.2, 0) is 4.79 Å². The number of piperazine rings is 1. The van der Waals surface area contributed by atoms with E-state index >= 15 is 0 Å². The number of rotatable bonds is 8. The Morgan fingerprint density at radius 3 is 2.32 bits per heavy atom. The highest BCUT2D eigenvalue weighted by Crippen LogP contribution is 2.21. The zero-order valence-corrected chi connectivity index (χ0v) is 16.9. The molecular weight excluding hydrogens is 350 g/mol. The third-order valence-corrected chi connectivity index (χ3v) is 5.29. The summed E-state index contributed by atoms with van der Waals surface area (Å²) in [4.78, 5) is 17.2. The second kappa shape index (κ2) is 10.1. The smallest absolute Gasteiger partial charge is 0.234 e. The maximum atomic E-state index is 12.6. The Bertz CT molecular complexity index is 725. The lowest BCUT2D eigenvalue weighted by Gasteiger charge is -2.36. The maximum Gasteiger partial charge on any atom is 0.234 e. The van der Waals surface area contributed by atoms with Gasteiger partial charge in [-0.15, -0.1) is 0 Å². The molecule has 1 N–H and O–H groups in total. The molecule has 5 nitrogen and oxygen atoms in total. The van der Waals surface area contributed by atoms with E-state index in [1.54, 1.807) is 7.11 Å². The van der Waals surface area contributed by atoms with Crippen molar-refractivity contribution < 1.29 is 9.53 Å². The molecule has 5 heteroatoms. The van der Waals surface area contributed by atoms with Crippen molar-refractivity contribution in [1.82, 2.24) is 10.2 Å². The highest BCUT2D eigenvalue weighted by Gasteiger charge is 2.21. The Morgan fingerprint density at radius 2 is 1.71 bits per heavy atom. The molecule has 1 heterocycles. The van der Waals surface area contributed by atoms with Crippen molar-refractivity contribution in [3.05, 3.63) is 60.2 Å². The summed E-state index contributed by atoms with van der Waals surface area (Å²) in [6.45, 7) is 6.25. The summed E-state index contributed by atoms with van der Waals surface area (Å²) in [5.41, 5.74) is 2.39. The molecule has 0 unspecified atom stereocenters. The van der Waals surface area contributed by atoms with Gasteiger partial charge in [-0.3, -0.25) is 9.69 Å². The van der Waals surface area contributed by atoms with Crippen LogP contribution in [-0.4, -0.2) is 50.6 Å². The molecule has 1 atom stereocenters. The monoisotopic (exact) mass is 381 g/mol. The van der Waals surface area contributed by atoms with Gasteiger partial charge in [0.15, 0.2) is 0 Å². The minimum Gasteiger partial charge on any atom is -0.497 e. The van der Waals surface area contributed by atoms with Crippen LogP contribution in [0.15, 0.2) is 54.6 Å². The van der Waals surface area contributed by atoms with E-state index in [0.717, 1.165) is 44.8 Å². The van der Waals surface area contributed by atoms with Crippen molar-refractivity contribution in [2.75, 3.05) is 44.7 Å². The Balaban J connectivity index is 1.48. The van der Waals surface area contributed by atoms with Gasteiger partial charge in [-0.25, -0.2) is 0 Å². The summed E-state index contributed by atoms with van der Waals surface area (Å²) < 4.78 is 5.23. The van der Waals surface area contributed by atoms with Gasteiger partial charge in [-0.1, -0.05) is 43.7 Å². The average molecular weight is 382 g/mol. The fraction of sp³-hybridized carbons (Fsp3) is 0.435. The Kier molecular flexibility index (Phi) is 7.31. The second-order valence-electron chi connectivity index (χ2n) is 7.28. The number of hydrogen-bond acceptors (Lipinski definition) is 4. The summed E-state index contributed by atoms with van der Waals surface area (Å²) in [5, 5.41) is 3.23. The number of ether oxygens (including phenoxy) is 1. The van der Waals surface area contributed by atoms with E-state index in [1.165, 1.54) is 11.3 Å². The zero-order chi connectivity index (χ0) is 19.8. The lowest BCUT2D eigenvalue weighted by molar-refractivity contribution is -0.123. The third kappa shape index (κ3) is 5.49. The van der Waals surface area contributed by atoms with Crippen molar-refractivity contribution in [3.63, 3.8) is 0 Å². The molecule has 0 aliphatic carbocycles. The third-order valence-electron chi connectivity index (χ3n) is 5.29. The van der Waals surface area contributed by atoms with Crippen LogP contribution in [0, 0.1) is 0 Å². The quantitative estimate of drug-likeness (QED) is 0.760. The van der Waals surface area contributed by atoms with Crippen LogP contribution < -0.4 is 15.0 Å². The zero-order valence-electron chi connectivity index (χ0n) is 16.9.